The van der Waals surface area contributed by atoms with Crippen molar-refractivity contribution in [2.24, 2.45) is 0 Å². The Hall–Kier alpha value is -2.71. The van der Waals surface area contributed by atoms with Gasteiger partial charge in [0, 0.05) is 0 Å². The van der Waals surface area contributed by atoms with Crippen LogP contribution in [0.2, 0.25) is 0 Å². The molecule has 24 heavy (non-hydrogen) atoms. The average molecular weight is 339 g/mol. The molecule has 0 radical (unpaired) electrons. The van der Waals surface area contributed by atoms with E-state index in [9.17, 15) is 17.6 Å². The molecule has 0 bridgehead atoms. The zero-order valence-electron chi connectivity index (χ0n) is 12.5. The van der Waals surface area contributed by atoms with Crippen LogP contribution in [0.25, 0.3) is 5.65 Å². The normalized spacial score (nSPS) is 13.2. The minimum atomic E-state index is -4.65. The zero-order valence-corrected chi connectivity index (χ0v) is 12.5. The van der Waals surface area contributed by atoms with E-state index >= 15 is 0 Å². The zero-order chi connectivity index (χ0) is 17.3. The highest BCUT2D eigenvalue weighted by Crippen LogP contribution is 2.28. The lowest BCUT2D eigenvalue weighted by Crippen LogP contribution is -2.15. The van der Waals surface area contributed by atoms with Crippen molar-refractivity contribution in [3.63, 3.8) is 0 Å². The standard InChI is InChI=1S/C15H13F4N5/c1-2-11(9-3-5-10(16)6-4-9)20-12-7-8-13-21-22-14(15(17,18)19)24(13)23-12/h3-8,11H,2H2,1H3,(H,20,23). The van der Waals surface area contributed by atoms with Gasteiger partial charge in [-0.1, -0.05) is 19.1 Å². The van der Waals surface area contributed by atoms with Gasteiger partial charge in [0.1, 0.15) is 11.6 Å². The number of alkyl halides is 3. The molecule has 2 heterocycles. The van der Waals surface area contributed by atoms with Crippen molar-refractivity contribution in [2.45, 2.75) is 25.6 Å². The van der Waals surface area contributed by atoms with Gasteiger partial charge in [0.2, 0.25) is 0 Å². The number of fused-ring (bicyclic) bond motifs is 1. The molecule has 3 aromatic rings. The van der Waals surface area contributed by atoms with Crippen molar-refractivity contribution in [1.82, 2.24) is 19.8 Å². The smallest absolute Gasteiger partial charge is 0.362 e. The van der Waals surface area contributed by atoms with Gasteiger partial charge in [-0.25, -0.2) is 4.39 Å². The number of rotatable bonds is 4. The molecule has 1 atom stereocenters. The minimum Gasteiger partial charge on any atom is -0.362 e. The quantitative estimate of drug-likeness (QED) is 0.734. The summed E-state index contributed by atoms with van der Waals surface area (Å²) in [5, 5.41) is 13.6. The Morgan fingerprint density at radius 2 is 1.79 bits per heavy atom. The average Bonchev–Trinajstić information content (AvgIpc) is 2.97. The van der Waals surface area contributed by atoms with E-state index in [0.29, 0.717) is 10.9 Å². The van der Waals surface area contributed by atoms with Crippen LogP contribution in [-0.4, -0.2) is 19.8 Å². The van der Waals surface area contributed by atoms with E-state index in [1.165, 1.54) is 24.3 Å². The van der Waals surface area contributed by atoms with Gasteiger partial charge in [-0.05, 0) is 36.2 Å². The van der Waals surface area contributed by atoms with Gasteiger partial charge in [0.15, 0.2) is 5.65 Å². The van der Waals surface area contributed by atoms with Gasteiger partial charge in [-0.3, -0.25) is 0 Å². The topological polar surface area (TPSA) is 55.1 Å². The molecule has 0 aliphatic rings. The summed E-state index contributed by atoms with van der Waals surface area (Å²) in [4.78, 5) is 0. The predicted molar refractivity (Wildman–Crippen MR) is 78.8 cm³/mol. The van der Waals surface area contributed by atoms with E-state index in [1.807, 2.05) is 6.92 Å². The SMILES string of the molecule is CCC(Nc1ccc2nnc(C(F)(F)F)n2n1)c1ccc(F)cc1. The molecule has 0 spiro atoms. The Bertz CT molecular complexity index is 841. The van der Waals surface area contributed by atoms with Crippen LogP contribution >= 0.6 is 0 Å². The molecule has 9 heteroatoms. The molecule has 2 aromatic heterocycles. The van der Waals surface area contributed by atoms with Crippen LogP contribution in [0.4, 0.5) is 23.4 Å². The van der Waals surface area contributed by atoms with Crippen molar-refractivity contribution in [2.75, 3.05) is 5.32 Å². The maximum atomic E-state index is 13.0. The molecular formula is C15H13F4N5. The third kappa shape index (κ3) is 3.15. The van der Waals surface area contributed by atoms with Gasteiger partial charge in [-0.15, -0.1) is 15.3 Å². The first-order chi connectivity index (χ1) is 11.4. The molecule has 1 aromatic carbocycles. The molecule has 1 unspecified atom stereocenters. The first kappa shape index (κ1) is 16.2. The van der Waals surface area contributed by atoms with E-state index in [4.69, 9.17) is 0 Å². The Balaban J connectivity index is 1.92. The maximum Gasteiger partial charge on any atom is 0.453 e. The van der Waals surface area contributed by atoms with Crippen molar-refractivity contribution < 1.29 is 17.6 Å². The summed E-state index contributed by atoms with van der Waals surface area (Å²) < 4.78 is 52.4. The van der Waals surface area contributed by atoms with Crippen molar-refractivity contribution in [3.8, 4) is 0 Å². The van der Waals surface area contributed by atoms with Crippen LogP contribution in [0, 0.1) is 5.82 Å². The fraction of sp³-hybridized carbons (Fsp3) is 0.267. The van der Waals surface area contributed by atoms with E-state index in [1.54, 1.807) is 12.1 Å². The van der Waals surface area contributed by atoms with Crippen LogP contribution in [0.3, 0.4) is 0 Å². The Kier molecular flexibility index (Phi) is 4.08. The van der Waals surface area contributed by atoms with E-state index in [-0.39, 0.29) is 23.3 Å². The number of halogens is 4. The van der Waals surface area contributed by atoms with Crippen molar-refractivity contribution >= 4 is 11.5 Å². The first-order valence-corrected chi connectivity index (χ1v) is 7.20. The number of hydrogen-bond donors (Lipinski definition) is 1. The monoisotopic (exact) mass is 339 g/mol. The summed E-state index contributed by atoms with van der Waals surface area (Å²) in [6.07, 6.45) is -4.01. The summed E-state index contributed by atoms with van der Waals surface area (Å²) in [5.41, 5.74) is 0.809. The fourth-order valence-corrected chi connectivity index (χ4v) is 2.34. The van der Waals surface area contributed by atoms with Crippen molar-refractivity contribution in [3.05, 3.63) is 53.6 Å². The van der Waals surface area contributed by atoms with Crippen LogP contribution < -0.4 is 5.32 Å². The lowest BCUT2D eigenvalue weighted by molar-refractivity contribution is -0.146. The molecule has 5 nitrogen and oxygen atoms in total. The van der Waals surface area contributed by atoms with Crippen LogP contribution in [0.1, 0.15) is 30.8 Å². The molecule has 0 amide bonds. The summed E-state index contributed by atoms with van der Waals surface area (Å²) in [6.45, 7) is 1.90. The van der Waals surface area contributed by atoms with Crippen LogP contribution in [-0.2, 0) is 6.18 Å². The minimum absolute atomic E-state index is 0.00251. The third-order valence-electron chi connectivity index (χ3n) is 3.52. The Labute approximate surface area is 134 Å². The molecule has 1 N–H and O–H groups in total. The second kappa shape index (κ2) is 6.06. The molecule has 3 rings (SSSR count). The van der Waals surface area contributed by atoms with Gasteiger partial charge >= 0.3 is 6.18 Å². The molecular weight excluding hydrogens is 326 g/mol. The lowest BCUT2D eigenvalue weighted by Gasteiger charge is -2.18. The molecule has 0 aliphatic carbocycles. The summed E-state index contributed by atoms with van der Waals surface area (Å²) in [5.74, 6) is -1.30. The first-order valence-electron chi connectivity index (χ1n) is 7.20. The molecule has 0 saturated heterocycles. The lowest BCUT2D eigenvalue weighted by atomic mass is 10.0. The number of benzene rings is 1. The summed E-state index contributed by atoms with van der Waals surface area (Å²) in [7, 11) is 0. The van der Waals surface area contributed by atoms with E-state index < -0.39 is 12.0 Å². The van der Waals surface area contributed by atoms with Crippen molar-refractivity contribution in [1.29, 1.82) is 0 Å². The second-order valence-electron chi connectivity index (χ2n) is 5.17. The van der Waals surface area contributed by atoms with Crippen LogP contribution in [0.15, 0.2) is 36.4 Å². The number of nitrogens with one attached hydrogen (secondary N) is 1. The third-order valence-corrected chi connectivity index (χ3v) is 3.52. The Morgan fingerprint density at radius 3 is 2.42 bits per heavy atom. The van der Waals surface area contributed by atoms with E-state index in [0.717, 1.165) is 5.56 Å². The Morgan fingerprint density at radius 1 is 1.08 bits per heavy atom. The molecule has 126 valence electrons. The van der Waals surface area contributed by atoms with Gasteiger partial charge in [0.05, 0.1) is 6.04 Å². The number of anilines is 1. The fourth-order valence-electron chi connectivity index (χ4n) is 2.34. The van der Waals surface area contributed by atoms with Gasteiger partial charge in [0.25, 0.3) is 5.82 Å². The molecule has 0 saturated carbocycles. The number of aromatic nitrogens is 4. The largest absolute Gasteiger partial charge is 0.453 e. The van der Waals surface area contributed by atoms with Gasteiger partial charge < -0.3 is 5.32 Å². The summed E-state index contributed by atoms with van der Waals surface area (Å²) >= 11 is 0. The molecule has 0 fully saturated rings. The number of hydrogen-bond acceptors (Lipinski definition) is 4. The van der Waals surface area contributed by atoms with Gasteiger partial charge in [-0.2, -0.15) is 17.7 Å². The van der Waals surface area contributed by atoms with E-state index in [2.05, 4.69) is 20.6 Å². The second-order valence-corrected chi connectivity index (χ2v) is 5.17. The van der Waals surface area contributed by atoms with Crippen LogP contribution in [0.5, 0.6) is 0 Å². The highest BCUT2D eigenvalue weighted by molar-refractivity contribution is 5.45. The summed E-state index contributed by atoms with van der Waals surface area (Å²) in [6, 6.07) is 8.60. The maximum absolute atomic E-state index is 13.0. The highest BCUT2D eigenvalue weighted by Gasteiger charge is 2.37. The number of nitrogens with zero attached hydrogens (tertiary/aromatic N) is 4. The predicted octanol–water partition coefficient (Wildman–Crippen LogP) is 3.85. The molecule has 0 aliphatic heterocycles. The highest BCUT2D eigenvalue weighted by atomic mass is 19.4.